The van der Waals surface area contributed by atoms with E-state index in [0.717, 1.165) is 0 Å². The van der Waals surface area contributed by atoms with Gasteiger partial charge in [0.15, 0.2) is 0 Å². The van der Waals surface area contributed by atoms with Gasteiger partial charge in [-0.2, -0.15) is 0 Å². The summed E-state index contributed by atoms with van der Waals surface area (Å²) in [6, 6.07) is 36.7. The zero-order valence-electron chi connectivity index (χ0n) is 26.7. The van der Waals surface area contributed by atoms with E-state index < -0.39 is 13.3 Å². The summed E-state index contributed by atoms with van der Waals surface area (Å²) < 4.78 is 6.30. The summed E-state index contributed by atoms with van der Waals surface area (Å²) in [6.45, 7) is 9.25. The van der Waals surface area contributed by atoms with Gasteiger partial charge in [-0.3, -0.25) is 0 Å². The first-order valence-electron chi connectivity index (χ1n) is 15.4. The average Bonchev–Trinajstić information content (AvgIpc) is 3.30. The van der Waals surface area contributed by atoms with E-state index in [1.165, 1.54) is 71.4 Å². The average molecular weight is 622 g/mol. The fraction of sp³-hybridized carbons (Fsp3) is 0.225. The first kappa shape index (κ1) is 27.9. The molecule has 0 saturated heterocycles. The number of hydrogen-bond acceptors (Lipinski definition) is 0. The van der Waals surface area contributed by atoms with Crippen molar-refractivity contribution in [1.29, 1.82) is 0 Å². The number of hydrogen-bond donors (Lipinski definition) is 0. The topological polar surface area (TPSA) is 8.81 Å². The molecule has 2 aromatic heterocycles. The van der Waals surface area contributed by atoms with Crippen molar-refractivity contribution in [2.24, 2.45) is 7.05 Å². The normalized spacial score (nSPS) is 12.7. The van der Waals surface area contributed by atoms with E-state index in [-0.39, 0.29) is 5.41 Å². The molecule has 214 valence electrons. The molecule has 2 heterocycles. The minimum absolute atomic E-state index is 0.0329. The van der Waals surface area contributed by atoms with Gasteiger partial charge in [-0.25, -0.2) is 0 Å². The van der Waals surface area contributed by atoms with E-state index in [9.17, 15) is 0 Å². The third-order valence-corrected chi connectivity index (χ3v) is 13.6. The summed E-state index contributed by atoms with van der Waals surface area (Å²) in [5.41, 5.74) is 9.07. The number of nitrogens with zero attached hydrogens (tertiary/aromatic N) is 2. The summed E-state index contributed by atoms with van der Waals surface area (Å²) in [4.78, 5) is 0. The fourth-order valence-corrected chi connectivity index (χ4v) is 9.37. The zero-order valence-corrected chi connectivity index (χ0v) is 28.8. The van der Waals surface area contributed by atoms with Crippen LogP contribution in [0.25, 0.3) is 60.3 Å². The van der Waals surface area contributed by atoms with Crippen LogP contribution >= 0.6 is 0 Å². The van der Waals surface area contributed by atoms with Crippen LogP contribution in [-0.4, -0.2) is 17.8 Å². The molecule has 7 rings (SSSR count). The number of aromatic nitrogens is 2. The van der Waals surface area contributed by atoms with E-state index in [1.54, 1.807) is 4.40 Å². The Morgan fingerprint density at radius 3 is 2.05 bits per heavy atom. The summed E-state index contributed by atoms with van der Waals surface area (Å²) >= 11 is -1.98. The summed E-state index contributed by atoms with van der Waals surface area (Å²) in [5.74, 6) is 7.43. The standard InChI is InChI=1S/C40H41GeN2/c1-26-30-13-9-10-14-32(30)36(40(2,3)4)25-34(26)39-31-19-18-29(23-27(31)21-22-42(39)8)43-37-16-12-11-15-33(37)35-24-28(41(5,6)7)17-20-38(35)43/h9-25H,1-8H3/q+1. The zero-order chi connectivity index (χ0) is 30.3. The Labute approximate surface area is 258 Å². The second-order valence-electron chi connectivity index (χ2n) is 14.3. The van der Waals surface area contributed by atoms with Gasteiger partial charge in [0, 0.05) is 0 Å². The molecule has 0 N–H and O–H groups in total. The van der Waals surface area contributed by atoms with Crippen LogP contribution in [0.5, 0.6) is 0 Å². The molecule has 0 bridgehead atoms. The number of benzene rings is 5. The van der Waals surface area contributed by atoms with Crippen molar-refractivity contribution in [2.75, 3.05) is 0 Å². The van der Waals surface area contributed by atoms with Gasteiger partial charge >= 0.3 is 185 Å². The van der Waals surface area contributed by atoms with Crippen LogP contribution in [0.2, 0.25) is 17.3 Å². The molecule has 0 aliphatic rings. The van der Waals surface area contributed by atoms with Gasteiger partial charge < -0.3 is 0 Å². The van der Waals surface area contributed by atoms with Crippen LogP contribution in [0.4, 0.5) is 0 Å². The van der Waals surface area contributed by atoms with Crippen molar-refractivity contribution in [3.63, 3.8) is 0 Å². The van der Waals surface area contributed by atoms with Crippen molar-refractivity contribution in [2.45, 2.75) is 50.4 Å². The second kappa shape index (κ2) is 9.82. The smallest absolute Gasteiger partial charge is 0.0616 e. The van der Waals surface area contributed by atoms with Crippen LogP contribution in [0, 0.1) is 6.92 Å². The molecule has 7 aromatic rings. The molecule has 0 aliphatic heterocycles. The molecule has 43 heavy (non-hydrogen) atoms. The van der Waals surface area contributed by atoms with E-state index in [0.29, 0.717) is 0 Å². The molecule has 5 aromatic carbocycles. The Balaban J connectivity index is 1.48. The molecule has 3 heteroatoms. The number of fused-ring (bicyclic) bond motifs is 5. The van der Waals surface area contributed by atoms with Crippen molar-refractivity contribution in [3.05, 3.63) is 114 Å². The van der Waals surface area contributed by atoms with Crippen LogP contribution in [-0.2, 0) is 12.5 Å². The molecule has 0 radical (unpaired) electrons. The van der Waals surface area contributed by atoms with Crippen molar-refractivity contribution in [3.8, 4) is 16.9 Å². The summed E-state index contributed by atoms with van der Waals surface area (Å²) in [6.07, 6.45) is 2.22. The molecule has 0 saturated carbocycles. The Kier molecular flexibility index (Phi) is 6.38. The second-order valence-corrected chi connectivity index (χ2v) is 24.9. The fourth-order valence-electron chi connectivity index (χ4n) is 6.94. The molecule has 0 fully saturated rings. The molecule has 0 atom stereocenters. The Hall–Kier alpha value is -3.89. The first-order valence-corrected chi connectivity index (χ1v) is 22.8. The predicted octanol–water partition coefficient (Wildman–Crippen LogP) is 9.73. The number of pyridine rings is 1. The van der Waals surface area contributed by atoms with Gasteiger partial charge in [0.25, 0.3) is 0 Å². The maximum absolute atomic E-state index is 2.48. The van der Waals surface area contributed by atoms with E-state index >= 15 is 0 Å². The van der Waals surface area contributed by atoms with Crippen molar-refractivity contribution in [1.82, 2.24) is 4.57 Å². The molecule has 0 unspecified atom stereocenters. The monoisotopic (exact) mass is 623 g/mol. The minimum atomic E-state index is -1.98. The predicted molar refractivity (Wildman–Crippen MR) is 189 cm³/mol. The SMILES string of the molecule is Cc1c(-c2c3ccc(-n4c5ccccc5c5c[c]([Ge]([CH3])([CH3])[CH3])ccc54)cc3cc[n+]2C)cc(C(C)(C)C)c2ccccc12. The van der Waals surface area contributed by atoms with Gasteiger partial charge in [0.1, 0.15) is 0 Å². The van der Waals surface area contributed by atoms with Crippen LogP contribution in [0.1, 0.15) is 31.9 Å². The van der Waals surface area contributed by atoms with Gasteiger partial charge in [-0.15, -0.1) is 0 Å². The van der Waals surface area contributed by atoms with Crippen molar-refractivity contribution >= 4 is 61.0 Å². The van der Waals surface area contributed by atoms with Gasteiger partial charge in [0.05, 0.1) is 0 Å². The van der Waals surface area contributed by atoms with Crippen LogP contribution < -0.4 is 8.96 Å². The molecular weight excluding hydrogens is 581 g/mol. The summed E-state index contributed by atoms with van der Waals surface area (Å²) in [5, 5.41) is 7.90. The molecule has 0 aliphatic carbocycles. The third kappa shape index (κ3) is 4.50. The van der Waals surface area contributed by atoms with Crippen LogP contribution in [0.3, 0.4) is 0 Å². The third-order valence-electron chi connectivity index (χ3n) is 9.29. The number of rotatable bonds is 3. The number of para-hydroxylation sites is 1. The maximum atomic E-state index is 2.48. The quantitative estimate of drug-likeness (QED) is 0.137. The Morgan fingerprint density at radius 1 is 0.651 bits per heavy atom. The molecule has 2 nitrogen and oxygen atoms in total. The van der Waals surface area contributed by atoms with E-state index in [4.69, 9.17) is 0 Å². The molecule has 0 amide bonds. The Morgan fingerprint density at radius 2 is 1.33 bits per heavy atom. The van der Waals surface area contributed by atoms with Gasteiger partial charge in [0.2, 0.25) is 0 Å². The molecular formula is C40H41GeN2+. The van der Waals surface area contributed by atoms with Crippen LogP contribution in [0.15, 0.2) is 103 Å². The van der Waals surface area contributed by atoms with Crippen molar-refractivity contribution < 1.29 is 4.57 Å². The number of aryl methyl sites for hydroxylation is 2. The Bertz CT molecular complexity index is 2220. The van der Waals surface area contributed by atoms with Gasteiger partial charge in [-0.05, 0) is 28.7 Å². The van der Waals surface area contributed by atoms with E-state index in [1.807, 2.05) is 0 Å². The summed E-state index contributed by atoms with van der Waals surface area (Å²) in [7, 11) is 2.18. The van der Waals surface area contributed by atoms with Gasteiger partial charge in [-0.1, -0.05) is 45.0 Å². The first-order chi connectivity index (χ1) is 20.4. The van der Waals surface area contributed by atoms with E-state index in [2.05, 4.69) is 164 Å². The minimum Gasteiger partial charge on any atom is -0.0616 e. The molecule has 0 spiro atoms.